The third-order valence-corrected chi connectivity index (χ3v) is 5.96. The second-order valence-electron chi connectivity index (χ2n) is 7.81. The van der Waals surface area contributed by atoms with E-state index in [0.717, 1.165) is 17.1 Å². The summed E-state index contributed by atoms with van der Waals surface area (Å²) < 4.78 is 31.6. The third-order valence-electron chi connectivity index (χ3n) is 5.96. The lowest BCUT2D eigenvalue weighted by Gasteiger charge is -2.29. The first-order chi connectivity index (χ1) is 15.5. The van der Waals surface area contributed by atoms with Gasteiger partial charge in [0.2, 0.25) is 5.95 Å². The molecule has 2 N–H and O–H groups in total. The van der Waals surface area contributed by atoms with Crippen LogP contribution in [0.4, 0.5) is 8.78 Å². The van der Waals surface area contributed by atoms with E-state index in [4.69, 9.17) is 0 Å². The molecule has 5 aromatic rings. The summed E-state index contributed by atoms with van der Waals surface area (Å²) in [6.07, 6.45) is 2.57. The SMILES string of the molecule is O=c1[nH]c2cnc(-n3cnc4ccccc43)nc2n1[C@@H]1CC[C@@H](O)c2c(F)cc(F)cc21. The summed E-state index contributed by atoms with van der Waals surface area (Å²) in [5, 5.41) is 10.3. The molecular weight excluding hydrogens is 418 g/mol. The maximum atomic E-state index is 14.5. The second-order valence-corrected chi connectivity index (χ2v) is 7.81. The van der Waals surface area contributed by atoms with Crippen LogP contribution in [0.2, 0.25) is 0 Å². The van der Waals surface area contributed by atoms with Gasteiger partial charge in [-0.15, -0.1) is 0 Å². The zero-order valence-electron chi connectivity index (χ0n) is 16.5. The number of aromatic nitrogens is 6. The van der Waals surface area contributed by atoms with Gasteiger partial charge in [0.25, 0.3) is 0 Å². The summed E-state index contributed by atoms with van der Waals surface area (Å²) in [7, 11) is 0. The number of nitrogens with one attached hydrogen (secondary N) is 1. The lowest BCUT2D eigenvalue weighted by molar-refractivity contribution is 0.142. The van der Waals surface area contributed by atoms with Crippen molar-refractivity contribution in [1.82, 2.24) is 29.1 Å². The summed E-state index contributed by atoms with van der Waals surface area (Å²) >= 11 is 0. The Morgan fingerprint density at radius 1 is 1.12 bits per heavy atom. The molecule has 160 valence electrons. The number of halogens is 2. The number of aliphatic hydroxyl groups is 1. The van der Waals surface area contributed by atoms with Crippen LogP contribution in [0.1, 0.15) is 36.1 Å². The lowest BCUT2D eigenvalue weighted by Crippen LogP contribution is -2.28. The van der Waals surface area contributed by atoms with E-state index in [2.05, 4.69) is 19.9 Å². The number of nitrogens with zero attached hydrogens (tertiary/aromatic N) is 5. The quantitative estimate of drug-likeness (QED) is 0.445. The number of aliphatic hydroxyl groups excluding tert-OH is 1. The molecule has 0 unspecified atom stereocenters. The van der Waals surface area contributed by atoms with Crippen molar-refractivity contribution < 1.29 is 13.9 Å². The first kappa shape index (κ1) is 18.8. The molecule has 8 nitrogen and oxygen atoms in total. The summed E-state index contributed by atoms with van der Waals surface area (Å²) in [6.45, 7) is 0. The maximum absolute atomic E-state index is 14.5. The Kier molecular flexibility index (Phi) is 3.99. The Hall–Kier alpha value is -3.92. The number of H-pyrrole nitrogens is 1. The first-order valence-corrected chi connectivity index (χ1v) is 10.1. The van der Waals surface area contributed by atoms with Crippen molar-refractivity contribution in [3.05, 3.63) is 82.2 Å². The number of fused-ring (bicyclic) bond motifs is 3. The summed E-state index contributed by atoms with van der Waals surface area (Å²) in [6, 6.07) is 8.71. The van der Waals surface area contributed by atoms with Gasteiger partial charge in [0.05, 0.1) is 29.4 Å². The largest absolute Gasteiger partial charge is 0.388 e. The molecule has 0 bridgehead atoms. The fourth-order valence-electron chi connectivity index (χ4n) is 4.55. The summed E-state index contributed by atoms with van der Waals surface area (Å²) in [5.41, 5.74) is 2.04. The normalized spacial score (nSPS) is 18.3. The van der Waals surface area contributed by atoms with E-state index in [0.29, 0.717) is 23.5 Å². The predicted octanol–water partition coefficient (Wildman–Crippen LogP) is 3.15. The highest BCUT2D eigenvalue weighted by molar-refractivity contribution is 5.77. The van der Waals surface area contributed by atoms with Crippen molar-refractivity contribution in [3.63, 3.8) is 0 Å². The molecule has 0 spiro atoms. The number of rotatable bonds is 2. The van der Waals surface area contributed by atoms with Gasteiger partial charge < -0.3 is 10.1 Å². The molecule has 0 radical (unpaired) electrons. The van der Waals surface area contributed by atoms with Crippen LogP contribution >= 0.6 is 0 Å². The minimum atomic E-state index is -1.06. The van der Waals surface area contributed by atoms with Crippen LogP contribution < -0.4 is 5.69 Å². The van der Waals surface area contributed by atoms with E-state index in [-0.39, 0.29) is 17.5 Å². The van der Waals surface area contributed by atoms with E-state index in [9.17, 15) is 18.7 Å². The molecule has 0 saturated heterocycles. The smallest absolute Gasteiger partial charge is 0.328 e. The molecule has 3 heterocycles. The lowest BCUT2D eigenvalue weighted by atomic mass is 9.85. The van der Waals surface area contributed by atoms with Crippen LogP contribution in [-0.4, -0.2) is 34.2 Å². The number of para-hydroxylation sites is 2. The van der Waals surface area contributed by atoms with Gasteiger partial charge in [-0.3, -0.25) is 9.13 Å². The fraction of sp³-hybridized carbons (Fsp3) is 0.182. The second kappa shape index (κ2) is 6.79. The van der Waals surface area contributed by atoms with Gasteiger partial charge in [-0.2, -0.15) is 4.98 Å². The Morgan fingerprint density at radius 2 is 1.97 bits per heavy atom. The maximum Gasteiger partial charge on any atom is 0.328 e. The summed E-state index contributed by atoms with van der Waals surface area (Å²) in [5.74, 6) is -1.29. The van der Waals surface area contributed by atoms with E-state index in [1.807, 2.05) is 24.3 Å². The Balaban J connectivity index is 1.57. The molecule has 3 aromatic heterocycles. The predicted molar refractivity (Wildman–Crippen MR) is 111 cm³/mol. The Bertz CT molecular complexity index is 1570. The van der Waals surface area contributed by atoms with Gasteiger partial charge in [0.15, 0.2) is 5.65 Å². The van der Waals surface area contributed by atoms with E-state index < -0.39 is 29.5 Å². The van der Waals surface area contributed by atoms with Crippen LogP contribution in [0.25, 0.3) is 28.1 Å². The molecule has 0 saturated carbocycles. The standard InChI is InChI=1S/C22H16F2N6O2/c23-11-7-12-16(5-6-18(31)19(12)13(24)8-11)30-20-15(27-22(30)32)9-25-21(28-20)29-10-26-14-3-1-2-4-17(14)29/h1-4,7-10,16,18,31H,5-6H2,(H,27,32)/t16-,18-/m1/s1. The van der Waals surface area contributed by atoms with Crippen molar-refractivity contribution in [3.8, 4) is 5.95 Å². The number of hydrogen-bond acceptors (Lipinski definition) is 5. The van der Waals surface area contributed by atoms with Crippen molar-refractivity contribution in [2.75, 3.05) is 0 Å². The molecule has 0 amide bonds. The van der Waals surface area contributed by atoms with Gasteiger partial charge in [-0.05, 0) is 36.6 Å². The van der Waals surface area contributed by atoms with Crippen LogP contribution in [0, 0.1) is 11.6 Å². The van der Waals surface area contributed by atoms with Crippen molar-refractivity contribution in [1.29, 1.82) is 0 Å². The highest BCUT2D eigenvalue weighted by Crippen LogP contribution is 2.40. The zero-order chi connectivity index (χ0) is 22.0. The van der Waals surface area contributed by atoms with Gasteiger partial charge in [0.1, 0.15) is 23.5 Å². The van der Waals surface area contributed by atoms with Gasteiger partial charge in [0, 0.05) is 11.6 Å². The monoisotopic (exact) mass is 434 g/mol. The molecular formula is C22H16F2N6O2. The molecule has 0 fully saturated rings. The molecule has 2 atom stereocenters. The number of imidazole rings is 2. The average molecular weight is 434 g/mol. The number of hydrogen-bond donors (Lipinski definition) is 2. The van der Waals surface area contributed by atoms with Crippen molar-refractivity contribution >= 4 is 22.2 Å². The summed E-state index contributed by atoms with van der Waals surface area (Å²) in [4.78, 5) is 28.9. The van der Waals surface area contributed by atoms with E-state index >= 15 is 0 Å². The number of benzene rings is 2. The minimum absolute atomic E-state index is 0.0128. The molecule has 1 aliphatic carbocycles. The molecule has 1 aliphatic rings. The van der Waals surface area contributed by atoms with Gasteiger partial charge >= 0.3 is 5.69 Å². The van der Waals surface area contributed by atoms with E-state index in [1.54, 1.807) is 10.9 Å². The van der Waals surface area contributed by atoms with Crippen LogP contribution in [0.15, 0.2) is 53.7 Å². The molecule has 6 rings (SSSR count). The fourth-order valence-corrected chi connectivity index (χ4v) is 4.55. The molecule has 2 aromatic carbocycles. The Labute approximate surface area is 178 Å². The van der Waals surface area contributed by atoms with Crippen LogP contribution in [0.5, 0.6) is 0 Å². The van der Waals surface area contributed by atoms with Crippen molar-refractivity contribution in [2.24, 2.45) is 0 Å². The Morgan fingerprint density at radius 3 is 2.84 bits per heavy atom. The highest BCUT2D eigenvalue weighted by atomic mass is 19.1. The third kappa shape index (κ3) is 2.69. The van der Waals surface area contributed by atoms with Crippen molar-refractivity contribution in [2.45, 2.75) is 25.0 Å². The highest BCUT2D eigenvalue weighted by Gasteiger charge is 2.32. The van der Waals surface area contributed by atoms with Gasteiger partial charge in [-0.25, -0.2) is 23.5 Å². The minimum Gasteiger partial charge on any atom is -0.388 e. The number of aromatic amines is 1. The molecule has 32 heavy (non-hydrogen) atoms. The molecule has 0 aliphatic heterocycles. The average Bonchev–Trinajstić information content (AvgIpc) is 3.34. The molecule has 10 heteroatoms. The topological polar surface area (TPSA) is 102 Å². The van der Waals surface area contributed by atoms with Crippen LogP contribution in [-0.2, 0) is 0 Å². The van der Waals surface area contributed by atoms with Crippen LogP contribution in [0.3, 0.4) is 0 Å². The van der Waals surface area contributed by atoms with Gasteiger partial charge in [-0.1, -0.05) is 12.1 Å². The first-order valence-electron chi connectivity index (χ1n) is 10.1. The zero-order valence-corrected chi connectivity index (χ0v) is 16.5. The van der Waals surface area contributed by atoms with E-state index in [1.165, 1.54) is 16.8 Å².